The maximum Gasteiger partial charge on any atom is 0.254 e. The van der Waals surface area contributed by atoms with Gasteiger partial charge in [0, 0.05) is 21.9 Å². The molecule has 3 heterocycles. The van der Waals surface area contributed by atoms with E-state index in [2.05, 4.69) is 15.9 Å². The van der Waals surface area contributed by atoms with E-state index in [0.717, 1.165) is 12.0 Å². The van der Waals surface area contributed by atoms with Crippen molar-refractivity contribution in [1.82, 2.24) is 4.31 Å². The highest BCUT2D eigenvalue weighted by molar-refractivity contribution is 9.10. The van der Waals surface area contributed by atoms with Crippen LogP contribution in [0, 0.1) is 0 Å². The highest BCUT2D eigenvalue weighted by Crippen LogP contribution is 2.39. The molecule has 1 aliphatic heterocycles. The molecule has 2 aromatic heterocycles. The normalized spacial score (nSPS) is 20.4. The Labute approximate surface area is 129 Å². The molecule has 0 saturated heterocycles. The Kier molecular flexibility index (Phi) is 3.59. The van der Waals surface area contributed by atoms with E-state index in [1.165, 1.54) is 16.2 Å². The number of thiophene rings is 2. The van der Waals surface area contributed by atoms with Gasteiger partial charge in [0.05, 0.1) is 0 Å². The van der Waals surface area contributed by atoms with Crippen LogP contribution in [-0.4, -0.2) is 19.3 Å². The maximum absolute atomic E-state index is 12.7. The third-order valence-corrected chi connectivity index (χ3v) is 8.96. The van der Waals surface area contributed by atoms with Gasteiger partial charge in [-0.15, -0.1) is 22.7 Å². The first-order valence-corrected chi connectivity index (χ1v) is 9.82. The van der Waals surface area contributed by atoms with E-state index >= 15 is 0 Å². The molecule has 0 saturated carbocycles. The largest absolute Gasteiger partial charge is 0.254 e. The minimum Gasteiger partial charge on any atom is -0.206 e. The molecule has 0 radical (unpaired) electrons. The van der Waals surface area contributed by atoms with Crippen molar-refractivity contribution in [3.05, 3.63) is 37.8 Å². The van der Waals surface area contributed by atoms with Gasteiger partial charge in [-0.2, -0.15) is 4.31 Å². The number of sulfonamides is 1. The van der Waals surface area contributed by atoms with Crippen LogP contribution in [0.3, 0.4) is 0 Å². The number of halogens is 1. The smallest absolute Gasteiger partial charge is 0.206 e. The zero-order valence-electron chi connectivity index (χ0n) is 10.2. The SMILES string of the molecule is CC1c2ccsc2CCN1S(=O)(=O)c1sccc1Br. The van der Waals surface area contributed by atoms with E-state index in [4.69, 9.17) is 0 Å². The Balaban J connectivity index is 2.03. The van der Waals surface area contributed by atoms with Gasteiger partial charge in [0.1, 0.15) is 4.21 Å². The van der Waals surface area contributed by atoms with Crippen LogP contribution in [0.4, 0.5) is 0 Å². The van der Waals surface area contributed by atoms with Crippen molar-refractivity contribution in [2.24, 2.45) is 0 Å². The van der Waals surface area contributed by atoms with Crippen LogP contribution in [0.25, 0.3) is 0 Å². The van der Waals surface area contributed by atoms with Crippen LogP contribution in [0.2, 0.25) is 0 Å². The number of nitrogens with zero attached hydrogens (tertiary/aromatic N) is 1. The summed E-state index contributed by atoms with van der Waals surface area (Å²) in [6.07, 6.45) is 0.805. The summed E-state index contributed by atoms with van der Waals surface area (Å²) in [6.45, 7) is 2.52. The van der Waals surface area contributed by atoms with Crippen molar-refractivity contribution < 1.29 is 8.42 Å². The standard InChI is InChI=1S/C12H12BrNO2S3/c1-8-9-3-6-17-11(9)2-5-14(8)19(15,16)12-10(13)4-7-18-12/h3-4,6-8H,2,5H2,1H3. The van der Waals surface area contributed by atoms with Crippen LogP contribution in [-0.2, 0) is 16.4 Å². The number of hydrogen-bond acceptors (Lipinski definition) is 4. The van der Waals surface area contributed by atoms with E-state index in [-0.39, 0.29) is 6.04 Å². The lowest BCUT2D eigenvalue weighted by Gasteiger charge is -2.32. The first-order chi connectivity index (χ1) is 9.01. The second-order valence-corrected chi connectivity index (χ2v) is 9.25. The molecule has 0 amide bonds. The third kappa shape index (κ3) is 2.21. The lowest BCUT2D eigenvalue weighted by Crippen LogP contribution is -2.38. The molecule has 19 heavy (non-hydrogen) atoms. The molecule has 2 aromatic rings. The Morgan fingerprint density at radius 2 is 2.05 bits per heavy atom. The maximum atomic E-state index is 12.7. The summed E-state index contributed by atoms with van der Waals surface area (Å²) in [6, 6.07) is 3.73. The summed E-state index contributed by atoms with van der Waals surface area (Å²) in [5, 5.41) is 3.83. The summed E-state index contributed by atoms with van der Waals surface area (Å²) in [7, 11) is -3.41. The lowest BCUT2D eigenvalue weighted by molar-refractivity contribution is 0.330. The highest BCUT2D eigenvalue weighted by atomic mass is 79.9. The molecule has 1 aliphatic rings. The predicted octanol–water partition coefficient (Wildman–Crippen LogP) is 3.88. The summed E-state index contributed by atoms with van der Waals surface area (Å²) in [5.41, 5.74) is 1.15. The van der Waals surface area contributed by atoms with Gasteiger partial charge in [0.2, 0.25) is 0 Å². The summed E-state index contributed by atoms with van der Waals surface area (Å²) < 4.78 is 28.1. The minimum atomic E-state index is -3.41. The summed E-state index contributed by atoms with van der Waals surface area (Å²) in [4.78, 5) is 1.31. The number of hydrogen-bond donors (Lipinski definition) is 0. The second-order valence-electron chi connectivity index (χ2n) is 4.40. The molecule has 1 atom stereocenters. The van der Waals surface area contributed by atoms with E-state index in [0.29, 0.717) is 15.2 Å². The van der Waals surface area contributed by atoms with Crippen molar-refractivity contribution in [1.29, 1.82) is 0 Å². The van der Waals surface area contributed by atoms with Crippen molar-refractivity contribution >= 4 is 48.6 Å². The third-order valence-electron chi connectivity index (χ3n) is 3.35. The molecular weight excluding hydrogens is 366 g/mol. The Hall–Kier alpha value is -0.210. The quantitative estimate of drug-likeness (QED) is 0.795. The monoisotopic (exact) mass is 377 g/mol. The van der Waals surface area contributed by atoms with Gasteiger partial charge in [-0.1, -0.05) is 0 Å². The van der Waals surface area contributed by atoms with Crippen LogP contribution < -0.4 is 0 Å². The van der Waals surface area contributed by atoms with Crippen molar-refractivity contribution in [2.45, 2.75) is 23.6 Å². The molecule has 0 N–H and O–H groups in total. The molecular formula is C12H12BrNO2S3. The van der Waals surface area contributed by atoms with Gasteiger partial charge < -0.3 is 0 Å². The minimum absolute atomic E-state index is 0.0889. The van der Waals surface area contributed by atoms with E-state index in [1.54, 1.807) is 27.1 Å². The van der Waals surface area contributed by atoms with Crippen LogP contribution in [0.1, 0.15) is 23.4 Å². The fraction of sp³-hybridized carbons (Fsp3) is 0.333. The Bertz CT molecular complexity index is 704. The lowest BCUT2D eigenvalue weighted by atomic mass is 10.0. The first-order valence-electron chi connectivity index (χ1n) is 5.83. The summed E-state index contributed by atoms with van der Waals surface area (Å²) in [5.74, 6) is 0. The van der Waals surface area contributed by atoms with Gasteiger partial charge in [-0.05, 0) is 57.7 Å². The molecule has 0 aliphatic carbocycles. The van der Waals surface area contributed by atoms with E-state index in [1.807, 2.05) is 18.4 Å². The second kappa shape index (κ2) is 4.96. The van der Waals surface area contributed by atoms with Gasteiger partial charge in [-0.25, -0.2) is 8.42 Å². The van der Waals surface area contributed by atoms with E-state index < -0.39 is 10.0 Å². The molecule has 3 nitrogen and oxygen atoms in total. The molecule has 1 unspecified atom stereocenters. The van der Waals surface area contributed by atoms with E-state index in [9.17, 15) is 8.42 Å². The van der Waals surface area contributed by atoms with Crippen LogP contribution in [0.15, 0.2) is 31.6 Å². The number of fused-ring (bicyclic) bond motifs is 1. The van der Waals surface area contributed by atoms with Crippen LogP contribution >= 0.6 is 38.6 Å². The molecule has 0 spiro atoms. The van der Waals surface area contributed by atoms with Crippen LogP contribution in [0.5, 0.6) is 0 Å². The Morgan fingerprint density at radius 3 is 2.74 bits per heavy atom. The zero-order valence-corrected chi connectivity index (χ0v) is 14.2. The number of rotatable bonds is 2. The average Bonchev–Trinajstić information content (AvgIpc) is 2.97. The topological polar surface area (TPSA) is 37.4 Å². The average molecular weight is 378 g/mol. The van der Waals surface area contributed by atoms with Gasteiger partial charge in [-0.3, -0.25) is 0 Å². The summed E-state index contributed by atoms with van der Waals surface area (Å²) >= 11 is 6.30. The van der Waals surface area contributed by atoms with Crippen molar-refractivity contribution in [2.75, 3.05) is 6.54 Å². The molecule has 7 heteroatoms. The zero-order chi connectivity index (χ0) is 13.6. The van der Waals surface area contributed by atoms with Crippen molar-refractivity contribution in [3.8, 4) is 0 Å². The molecule has 0 fully saturated rings. The molecule has 0 aromatic carbocycles. The first kappa shape index (κ1) is 13.8. The van der Waals surface area contributed by atoms with Crippen molar-refractivity contribution in [3.63, 3.8) is 0 Å². The van der Waals surface area contributed by atoms with Gasteiger partial charge in [0.15, 0.2) is 0 Å². The van der Waals surface area contributed by atoms with Gasteiger partial charge >= 0.3 is 0 Å². The predicted molar refractivity (Wildman–Crippen MR) is 82.3 cm³/mol. The van der Waals surface area contributed by atoms with Gasteiger partial charge in [0.25, 0.3) is 10.0 Å². The highest BCUT2D eigenvalue weighted by Gasteiger charge is 2.35. The molecule has 3 rings (SSSR count). The fourth-order valence-electron chi connectivity index (χ4n) is 2.39. The Morgan fingerprint density at radius 1 is 1.32 bits per heavy atom. The molecule has 0 bridgehead atoms. The fourth-order valence-corrected chi connectivity index (χ4v) is 7.39. The molecule has 102 valence electrons.